The average Bonchev–Trinajstić information content (AvgIpc) is 2.70. The molecule has 1 unspecified atom stereocenters. The number of carbonyl (C=O) groups excluding carboxylic acids is 2. The van der Waals surface area contributed by atoms with Gasteiger partial charge in [-0.15, -0.1) is 0 Å². The molecule has 1 aliphatic rings. The van der Waals surface area contributed by atoms with E-state index in [0.717, 1.165) is 17.8 Å². The van der Waals surface area contributed by atoms with Gasteiger partial charge in [0, 0.05) is 23.5 Å². The highest BCUT2D eigenvalue weighted by molar-refractivity contribution is 6.33. The molecular weight excluding hydrogens is 336 g/mol. The van der Waals surface area contributed by atoms with Gasteiger partial charge in [0.15, 0.2) is 23.7 Å². The first kappa shape index (κ1) is 19.2. The molecule has 0 N–H and O–H groups in total. The smallest absolute Gasteiger partial charge is 0.193 e. The van der Waals surface area contributed by atoms with Crippen LogP contribution in [-0.2, 0) is 9.59 Å². The molecule has 0 aromatic heterocycles. The molecule has 1 saturated carbocycles. The van der Waals surface area contributed by atoms with Crippen molar-refractivity contribution in [3.8, 4) is 0 Å². The first-order chi connectivity index (χ1) is 13.0. The van der Waals surface area contributed by atoms with Crippen molar-refractivity contribution in [1.82, 2.24) is 0 Å². The van der Waals surface area contributed by atoms with Gasteiger partial charge in [-0.05, 0) is 51.5 Å². The SMILES string of the molecule is CCC(C)N(c1ccccc1)C1C(=O)C(N(c2ccccc2)C(C)C)C1=O. The molecule has 0 saturated heterocycles. The number of nitrogens with zero attached hydrogens (tertiary/aromatic N) is 2. The van der Waals surface area contributed by atoms with Crippen molar-refractivity contribution in [2.75, 3.05) is 9.80 Å². The standard InChI is InChI=1S/C23H28N2O2/c1-5-17(4)25(19-14-10-7-11-15-19)21-22(26)20(23(21)27)24(16(2)3)18-12-8-6-9-13-18/h6-17,20-21H,5H2,1-4H3. The maximum Gasteiger partial charge on any atom is 0.193 e. The summed E-state index contributed by atoms with van der Waals surface area (Å²) in [5, 5.41) is 0. The number of Topliss-reactive ketones (excluding diaryl/α,β-unsaturated/α-hetero) is 2. The van der Waals surface area contributed by atoms with Crippen LogP contribution in [0, 0.1) is 0 Å². The number of rotatable bonds is 7. The summed E-state index contributed by atoms with van der Waals surface area (Å²) in [4.78, 5) is 30.4. The molecule has 4 nitrogen and oxygen atoms in total. The molecule has 27 heavy (non-hydrogen) atoms. The fraction of sp³-hybridized carbons (Fsp3) is 0.391. The van der Waals surface area contributed by atoms with Crippen molar-refractivity contribution in [2.45, 2.75) is 58.3 Å². The van der Waals surface area contributed by atoms with Gasteiger partial charge in [0.2, 0.25) is 0 Å². The first-order valence-electron chi connectivity index (χ1n) is 9.71. The Morgan fingerprint density at radius 2 is 1.15 bits per heavy atom. The number of anilines is 2. The summed E-state index contributed by atoms with van der Waals surface area (Å²) < 4.78 is 0. The highest BCUT2D eigenvalue weighted by Gasteiger charge is 2.56. The van der Waals surface area contributed by atoms with Gasteiger partial charge in [0.25, 0.3) is 0 Å². The molecule has 0 spiro atoms. The van der Waals surface area contributed by atoms with Crippen LogP contribution in [0.4, 0.5) is 11.4 Å². The Morgan fingerprint density at radius 1 is 0.741 bits per heavy atom. The molecule has 1 fully saturated rings. The van der Waals surface area contributed by atoms with E-state index in [1.807, 2.05) is 84.3 Å². The van der Waals surface area contributed by atoms with E-state index in [4.69, 9.17) is 0 Å². The second-order valence-corrected chi connectivity index (χ2v) is 7.45. The van der Waals surface area contributed by atoms with Crippen molar-refractivity contribution >= 4 is 22.9 Å². The van der Waals surface area contributed by atoms with Crippen LogP contribution in [-0.4, -0.2) is 35.7 Å². The molecule has 4 heteroatoms. The van der Waals surface area contributed by atoms with E-state index >= 15 is 0 Å². The van der Waals surface area contributed by atoms with Crippen LogP contribution in [0.1, 0.15) is 34.1 Å². The minimum Gasteiger partial charge on any atom is -0.352 e. The minimum atomic E-state index is -0.701. The largest absolute Gasteiger partial charge is 0.352 e. The van der Waals surface area contributed by atoms with Crippen molar-refractivity contribution in [2.24, 2.45) is 0 Å². The number of carbonyl (C=O) groups is 2. The second kappa shape index (κ2) is 7.95. The van der Waals surface area contributed by atoms with Crippen LogP contribution in [0.15, 0.2) is 60.7 Å². The lowest BCUT2D eigenvalue weighted by Gasteiger charge is -2.48. The van der Waals surface area contributed by atoms with Crippen LogP contribution in [0.3, 0.4) is 0 Å². The molecule has 1 atom stereocenters. The van der Waals surface area contributed by atoms with E-state index in [1.165, 1.54) is 0 Å². The molecule has 2 aromatic rings. The molecule has 0 amide bonds. The zero-order valence-corrected chi connectivity index (χ0v) is 16.5. The molecule has 0 aliphatic heterocycles. The predicted molar refractivity (Wildman–Crippen MR) is 110 cm³/mol. The zero-order chi connectivity index (χ0) is 19.6. The van der Waals surface area contributed by atoms with Gasteiger partial charge < -0.3 is 9.80 Å². The predicted octanol–water partition coefficient (Wildman–Crippen LogP) is 4.10. The molecule has 3 rings (SSSR count). The van der Waals surface area contributed by atoms with Gasteiger partial charge in [-0.25, -0.2) is 0 Å². The Kier molecular flexibility index (Phi) is 5.64. The molecule has 0 heterocycles. The number of para-hydroxylation sites is 2. The summed E-state index contributed by atoms with van der Waals surface area (Å²) in [6.45, 7) is 8.18. The summed E-state index contributed by atoms with van der Waals surface area (Å²) >= 11 is 0. The second-order valence-electron chi connectivity index (χ2n) is 7.45. The molecule has 2 aromatic carbocycles. The van der Waals surface area contributed by atoms with E-state index < -0.39 is 12.1 Å². The third kappa shape index (κ3) is 3.48. The highest BCUT2D eigenvalue weighted by atomic mass is 16.2. The van der Waals surface area contributed by atoms with E-state index in [0.29, 0.717) is 0 Å². The van der Waals surface area contributed by atoms with E-state index in [1.54, 1.807) is 0 Å². The van der Waals surface area contributed by atoms with Gasteiger partial charge in [-0.2, -0.15) is 0 Å². The third-order valence-electron chi connectivity index (χ3n) is 5.37. The Hall–Kier alpha value is -2.62. The monoisotopic (exact) mass is 364 g/mol. The topological polar surface area (TPSA) is 40.6 Å². The molecule has 0 radical (unpaired) electrons. The zero-order valence-electron chi connectivity index (χ0n) is 16.5. The molecular formula is C23H28N2O2. The van der Waals surface area contributed by atoms with E-state index in [2.05, 4.69) is 13.8 Å². The highest BCUT2D eigenvalue weighted by Crippen LogP contribution is 2.33. The van der Waals surface area contributed by atoms with Gasteiger partial charge in [-0.3, -0.25) is 9.59 Å². The Labute approximate surface area is 161 Å². The van der Waals surface area contributed by atoms with Gasteiger partial charge in [0.1, 0.15) is 0 Å². The lowest BCUT2D eigenvalue weighted by molar-refractivity contribution is -0.142. The van der Waals surface area contributed by atoms with Crippen molar-refractivity contribution in [3.05, 3.63) is 60.7 Å². The van der Waals surface area contributed by atoms with Gasteiger partial charge in [0.05, 0.1) is 0 Å². The van der Waals surface area contributed by atoms with Crippen LogP contribution >= 0.6 is 0 Å². The number of benzene rings is 2. The van der Waals surface area contributed by atoms with Gasteiger partial charge in [-0.1, -0.05) is 43.3 Å². The quantitative estimate of drug-likeness (QED) is 0.694. The van der Waals surface area contributed by atoms with Gasteiger partial charge >= 0.3 is 0 Å². The maximum absolute atomic E-state index is 13.2. The first-order valence-corrected chi connectivity index (χ1v) is 9.71. The normalized spacial score (nSPS) is 20.3. The van der Waals surface area contributed by atoms with Crippen molar-refractivity contribution in [1.29, 1.82) is 0 Å². The van der Waals surface area contributed by atoms with E-state index in [9.17, 15) is 9.59 Å². The Balaban J connectivity index is 1.92. The summed E-state index contributed by atoms with van der Waals surface area (Å²) in [5.74, 6) is -0.0246. The Bertz CT molecular complexity index is 773. The van der Waals surface area contributed by atoms with E-state index in [-0.39, 0.29) is 23.7 Å². The van der Waals surface area contributed by atoms with Crippen molar-refractivity contribution < 1.29 is 9.59 Å². The fourth-order valence-corrected chi connectivity index (χ4v) is 3.83. The summed E-state index contributed by atoms with van der Waals surface area (Å²) in [7, 11) is 0. The maximum atomic E-state index is 13.2. The number of hydrogen-bond donors (Lipinski definition) is 0. The van der Waals surface area contributed by atoms with Crippen LogP contribution in [0.25, 0.3) is 0 Å². The summed E-state index contributed by atoms with van der Waals surface area (Å²) in [6.07, 6.45) is 0.864. The lowest BCUT2D eigenvalue weighted by Crippen LogP contribution is -2.72. The average molecular weight is 364 g/mol. The molecule has 142 valence electrons. The van der Waals surface area contributed by atoms with Crippen LogP contribution in [0.2, 0.25) is 0 Å². The minimum absolute atomic E-state index is 0.0123. The fourth-order valence-electron chi connectivity index (χ4n) is 3.83. The van der Waals surface area contributed by atoms with Crippen LogP contribution < -0.4 is 9.80 Å². The summed E-state index contributed by atoms with van der Waals surface area (Å²) in [5.41, 5.74) is 1.83. The van der Waals surface area contributed by atoms with Crippen LogP contribution in [0.5, 0.6) is 0 Å². The van der Waals surface area contributed by atoms with Crippen molar-refractivity contribution in [3.63, 3.8) is 0 Å². The number of hydrogen-bond acceptors (Lipinski definition) is 4. The summed E-state index contributed by atoms with van der Waals surface area (Å²) in [6, 6.07) is 18.3. The number of ketones is 2. The lowest BCUT2D eigenvalue weighted by atomic mass is 9.79. The molecule has 1 aliphatic carbocycles. The third-order valence-corrected chi connectivity index (χ3v) is 5.37. The Morgan fingerprint density at radius 3 is 1.56 bits per heavy atom. The molecule has 0 bridgehead atoms.